The molecule has 1 N–H and O–H groups in total. The number of ether oxygens (including phenoxy) is 2. The molecule has 0 saturated carbocycles. The summed E-state index contributed by atoms with van der Waals surface area (Å²) in [5.74, 6) is 0.0948. The highest BCUT2D eigenvalue weighted by molar-refractivity contribution is 5.83. The van der Waals surface area contributed by atoms with Crippen molar-refractivity contribution in [1.29, 1.82) is 0 Å². The van der Waals surface area contributed by atoms with E-state index in [0.29, 0.717) is 19.8 Å². The van der Waals surface area contributed by atoms with Gasteiger partial charge in [0.1, 0.15) is 6.79 Å². The lowest BCUT2D eigenvalue weighted by molar-refractivity contribution is -0.0390. The van der Waals surface area contributed by atoms with Gasteiger partial charge in [0.15, 0.2) is 0 Å². The van der Waals surface area contributed by atoms with Crippen LogP contribution in [0.25, 0.3) is 16.8 Å². The van der Waals surface area contributed by atoms with E-state index in [9.17, 15) is 5.11 Å². The molecule has 2 atom stereocenters. The van der Waals surface area contributed by atoms with Gasteiger partial charge in [-0.15, -0.1) is 0 Å². The topological polar surface area (TPSA) is 38.7 Å². The van der Waals surface area contributed by atoms with Gasteiger partial charge in [-0.2, -0.15) is 0 Å². The van der Waals surface area contributed by atoms with Crippen molar-refractivity contribution in [1.82, 2.24) is 0 Å². The van der Waals surface area contributed by atoms with Crippen LogP contribution in [0.4, 0.5) is 0 Å². The molecule has 0 aromatic heterocycles. The van der Waals surface area contributed by atoms with Crippen molar-refractivity contribution in [3.63, 3.8) is 0 Å². The fourth-order valence-corrected chi connectivity index (χ4v) is 4.01. The highest BCUT2D eigenvalue weighted by Crippen LogP contribution is 2.31. The maximum Gasteiger partial charge on any atom is 0.146 e. The van der Waals surface area contributed by atoms with Crippen LogP contribution in [0.2, 0.25) is 0 Å². The molecular formula is C30H30O3. The number of fused-ring (bicyclic) bond motifs is 1. The van der Waals surface area contributed by atoms with Crippen molar-refractivity contribution in [3.8, 4) is 0 Å². The number of hydrogen-bond donors (Lipinski definition) is 1. The second-order valence-corrected chi connectivity index (χ2v) is 8.23. The molecule has 4 rings (SSSR count). The fraction of sp³-hybridized carbons (Fsp3) is 0.200. The van der Waals surface area contributed by atoms with Gasteiger partial charge in [0.05, 0.1) is 12.7 Å². The van der Waals surface area contributed by atoms with Crippen molar-refractivity contribution in [2.24, 2.45) is 0 Å². The van der Waals surface area contributed by atoms with E-state index in [1.165, 1.54) is 10.9 Å². The van der Waals surface area contributed by atoms with Gasteiger partial charge in [0.25, 0.3) is 0 Å². The number of methoxy groups -OCH3 is 1. The molecule has 0 fully saturated rings. The number of rotatable bonds is 10. The van der Waals surface area contributed by atoms with Crippen LogP contribution >= 0.6 is 0 Å². The Balaban J connectivity index is 1.50. The second-order valence-electron chi connectivity index (χ2n) is 8.23. The average molecular weight is 439 g/mol. The zero-order valence-electron chi connectivity index (χ0n) is 18.9. The summed E-state index contributed by atoms with van der Waals surface area (Å²) in [6.07, 6.45) is 4.38. The lowest BCUT2D eigenvalue weighted by Gasteiger charge is -2.19. The number of aliphatic hydroxyl groups is 1. The normalized spacial score (nSPS) is 13.4. The maximum atomic E-state index is 11.1. The minimum atomic E-state index is -0.551. The molecule has 4 aromatic carbocycles. The fourth-order valence-electron chi connectivity index (χ4n) is 4.01. The van der Waals surface area contributed by atoms with Gasteiger partial charge in [-0.25, -0.2) is 0 Å². The highest BCUT2D eigenvalue weighted by atomic mass is 16.7. The predicted molar refractivity (Wildman–Crippen MR) is 135 cm³/mol. The van der Waals surface area contributed by atoms with Crippen LogP contribution in [0, 0.1) is 0 Å². The Morgan fingerprint density at radius 2 is 1.52 bits per heavy atom. The van der Waals surface area contributed by atoms with Crippen LogP contribution < -0.4 is 0 Å². The third-order valence-electron chi connectivity index (χ3n) is 5.83. The standard InChI is InChI=1S/C30H30O3/c1-32-22-33-21-24-13-11-23(12-14-24)15-16-28(25-7-3-2-4-8-25)20-30(31)29-18-17-26-9-5-6-10-27(26)19-29/h2-19,28,30-31H,20-22H2,1H3/b16-15+/t28-,30-/m0/s1. The molecule has 0 bridgehead atoms. The molecule has 0 aliphatic rings. The summed E-state index contributed by atoms with van der Waals surface area (Å²) in [5.41, 5.74) is 4.36. The van der Waals surface area contributed by atoms with E-state index in [2.05, 4.69) is 72.8 Å². The number of hydrogen-bond acceptors (Lipinski definition) is 3. The molecule has 0 saturated heterocycles. The van der Waals surface area contributed by atoms with E-state index in [1.54, 1.807) is 7.11 Å². The summed E-state index contributed by atoms with van der Waals surface area (Å²) in [6, 6.07) is 33.1. The monoisotopic (exact) mass is 438 g/mol. The number of aliphatic hydroxyl groups excluding tert-OH is 1. The van der Waals surface area contributed by atoms with E-state index in [4.69, 9.17) is 9.47 Å². The van der Waals surface area contributed by atoms with E-state index in [1.807, 2.05) is 36.4 Å². The molecule has 0 spiro atoms. The molecule has 3 nitrogen and oxygen atoms in total. The summed E-state index contributed by atoms with van der Waals surface area (Å²) in [6.45, 7) is 0.822. The molecule has 0 unspecified atom stereocenters. The van der Waals surface area contributed by atoms with E-state index in [0.717, 1.165) is 22.1 Å². The van der Waals surface area contributed by atoms with E-state index in [-0.39, 0.29) is 5.92 Å². The van der Waals surface area contributed by atoms with Gasteiger partial charge in [-0.3, -0.25) is 0 Å². The van der Waals surface area contributed by atoms with Crippen LogP contribution in [-0.4, -0.2) is 19.0 Å². The first kappa shape index (κ1) is 22.9. The van der Waals surface area contributed by atoms with Crippen LogP contribution in [0.3, 0.4) is 0 Å². The van der Waals surface area contributed by atoms with Crippen molar-refractivity contribution in [2.45, 2.75) is 25.0 Å². The van der Waals surface area contributed by atoms with Gasteiger partial charge in [0.2, 0.25) is 0 Å². The average Bonchev–Trinajstić information content (AvgIpc) is 2.87. The van der Waals surface area contributed by atoms with E-state index >= 15 is 0 Å². The molecule has 168 valence electrons. The minimum Gasteiger partial charge on any atom is -0.388 e. The third kappa shape index (κ3) is 6.39. The first-order chi connectivity index (χ1) is 16.2. The zero-order valence-corrected chi connectivity index (χ0v) is 18.9. The summed E-state index contributed by atoms with van der Waals surface area (Å²) < 4.78 is 10.3. The van der Waals surface area contributed by atoms with E-state index < -0.39 is 6.10 Å². The summed E-state index contributed by atoms with van der Waals surface area (Å²) in [4.78, 5) is 0. The van der Waals surface area contributed by atoms with Crippen molar-refractivity contribution < 1.29 is 14.6 Å². The van der Waals surface area contributed by atoms with Gasteiger partial charge >= 0.3 is 0 Å². The van der Waals surface area contributed by atoms with Crippen molar-refractivity contribution >= 4 is 16.8 Å². The van der Waals surface area contributed by atoms with Crippen LogP contribution in [-0.2, 0) is 16.1 Å². The largest absolute Gasteiger partial charge is 0.388 e. The van der Waals surface area contributed by atoms with Crippen LogP contribution in [0.5, 0.6) is 0 Å². The summed E-state index contributed by atoms with van der Waals surface area (Å²) in [5, 5.41) is 13.4. The maximum absolute atomic E-state index is 11.1. The van der Waals surface area contributed by atoms with Gasteiger partial charge in [0, 0.05) is 13.0 Å². The smallest absolute Gasteiger partial charge is 0.146 e. The SMILES string of the molecule is COCOCc1ccc(/C=C/[C@@H](C[C@H](O)c2ccc3ccccc3c2)c2ccccc2)cc1. The van der Waals surface area contributed by atoms with Crippen LogP contribution in [0.15, 0.2) is 103 Å². The molecular weight excluding hydrogens is 408 g/mol. The first-order valence-corrected chi connectivity index (χ1v) is 11.3. The van der Waals surface area contributed by atoms with Crippen molar-refractivity contribution in [2.75, 3.05) is 13.9 Å². The second kappa shape index (κ2) is 11.6. The first-order valence-electron chi connectivity index (χ1n) is 11.3. The molecule has 0 radical (unpaired) electrons. The lowest BCUT2D eigenvalue weighted by atomic mass is 9.89. The predicted octanol–water partition coefficient (Wildman–Crippen LogP) is 6.88. The molecule has 4 aromatic rings. The number of allylic oxidation sites excluding steroid dienone is 1. The summed E-state index contributed by atoms with van der Waals surface area (Å²) >= 11 is 0. The molecule has 33 heavy (non-hydrogen) atoms. The third-order valence-corrected chi connectivity index (χ3v) is 5.83. The number of benzene rings is 4. The van der Waals surface area contributed by atoms with Crippen LogP contribution in [0.1, 0.15) is 40.7 Å². The van der Waals surface area contributed by atoms with Gasteiger partial charge in [-0.1, -0.05) is 103 Å². The minimum absolute atomic E-state index is 0.0948. The molecule has 3 heteroatoms. The molecule has 0 aliphatic heterocycles. The Kier molecular flexibility index (Phi) is 8.04. The molecule has 0 aliphatic carbocycles. The Morgan fingerprint density at radius 1 is 0.788 bits per heavy atom. The summed E-state index contributed by atoms with van der Waals surface area (Å²) in [7, 11) is 1.62. The zero-order chi connectivity index (χ0) is 22.9. The Hall–Kier alpha value is -3.24. The Bertz CT molecular complexity index is 1170. The molecule has 0 amide bonds. The Morgan fingerprint density at radius 3 is 2.27 bits per heavy atom. The van der Waals surface area contributed by atoms with Gasteiger partial charge in [-0.05, 0) is 45.5 Å². The quantitative estimate of drug-likeness (QED) is 0.217. The lowest BCUT2D eigenvalue weighted by Crippen LogP contribution is -2.05. The molecule has 0 heterocycles. The van der Waals surface area contributed by atoms with Gasteiger partial charge < -0.3 is 14.6 Å². The Labute approximate surface area is 195 Å². The van der Waals surface area contributed by atoms with Crippen molar-refractivity contribution in [3.05, 3.63) is 125 Å². The highest BCUT2D eigenvalue weighted by Gasteiger charge is 2.16.